The topological polar surface area (TPSA) is 15.3 Å². The number of fused-ring (bicyclic) bond motifs is 1. The van der Waals surface area contributed by atoms with Crippen LogP contribution in [0.2, 0.25) is 0 Å². The van der Waals surface area contributed by atoms with Crippen LogP contribution in [0.5, 0.6) is 0 Å². The van der Waals surface area contributed by atoms with Crippen molar-refractivity contribution in [1.82, 2.24) is 0 Å². The van der Waals surface area contributed by atoms with E-state index in [0.717, 1.165) is 13.0 Å². The molecule has 2 aliphatic heterocycles. The molecule has 1 saturated heterocycles. The highest BCUT2D eigenvalue weighted by molar-refractivity contribution is 9.10. The van der Waals surface area contributed by atoms with Crippen molar-refractivity contribution < 1.29 is 0 Å². The van der Waals surface area contributed by atoms with Crippen molar-refractivity contribution in [2.45, 2.75) is 19.3 Å². The lowest BCUT2D eigenvalue weighted by atomic mass is 10.1. The zero-order valence-electron chi connectivity index (χ0n) is 8.72. The van der Waals surface area contributed by atoms with Crippen molar-refractivity contribution in [2.75, 3.05) is 29.9 Å². The van der Waals surface area contributed by atoms with Gasteiger partial charge in [-0.05, 0) is 37.0 Å². The first kappa shape index (κ1) is 9.52. The zero-order chi connectivity index (χ0) is 10.3. The summed E-state index contributed by atoms with van der Waals surface area (Å²) in [5.41, 5.74) is 4.24. The first-order chi connectivity index (χ1) is 7.34. The summed E-state index contributed by atoms with van der Waals surface area (Å²) >= 11 is 3.61. The molecule has 2 aliphatic rings. The minimum atomic E-state index is 1.09. The van der Waals surface area contributed by atoms with Crippen LogP contribution in [0.1, 0.15) is 18.4 Å². The molecule has 1 aromatic carbocycles. The molecule has 1 fully saturated rings. The van der Waals surface area contributed by atoms with Gasteiger partial charge < -0.3 is 10.2 Å². The molecule has 2 nitrogen and oxygen atoms in total. The second-order valence-electron chi connectivity index (χ2n) is 4.33. The maximum absolute atomic E-state index is 3.61. The smallest absolute Gasteiger partial charge is 0.0616 e. The molecule has 2 heterocycles. The Bertz CT molecular complexity index is 383. The molecule has 1 aromatic rings. The predicted molar refractivity (Wildman–Crippen MR) is 67.8 cm³/mol. The first-order valence-electron chi connectivity index (χ1n) is 5.66. The number of nitrogens with one attached hydrogen (secondary N) is 1. The van der Waals surface area contributed by atoms with Crippen LogP contribution in [-0.4, -0.2) is 19.6 Å². The molecule has 0 amide bonds. The molecular weight excluding hydrogens is 252 g/mol. The second-order valence-corrected chi connectivity index (χ2v) is 5.25. The molecule has 0 saturated carbocycles. The van der Waals surface area contributed by atoms with Gasteiger partial charge in [0, 0.05) is 24.1 Å². The third kappa shape index (κ3) is 1.63. The molecule has 0 unspecified atom stereocenters. The standard InChI is InChI=1S/C12H15BrN2/c13-10-7-9-3-4-14-12(9)11(8-10)15-5-1-2-6-15/h7-8,14H,1-6H2. The molecule has 0 atom stereocenters. The summed E-state index contributed by atoms with van der Waals surface area (Å²) in [7, 11) is 0. The summed E-state index contributed by atoms with van der Waals surface area (Å²) < 4.78 is 1.21. The van der Waals surface area contributed by atoms with Gasteiger partial charge in [-0.3, -0.25) is 0 Å². The quantitative estimate of drug-likeness (QED) is 0.841. The van der Waals surface area contributed by atoms with Gasteiger partial charge in [0.25, 0.3) is 0 Å². The van der Waals surface area contributed by atoms with Crippen molar-refractivity contribution in [2.24, 2.45) is 0 Å². The molecular formula is C12H15BrN2. The van der Waals surface area contributed by atoms with E-state index in [4.69, 9.17) is 0 Å². The molecule has 0 aliphatic carbocycles. The van der Waals surface area contributed by atoms with Crippen LogP contribution in [0.25, 0.3) is 0 Å². The van der Waals surface area contributed by atoms with Crippen LogP contribution in [0.3, 0.4) is 0 Å². The highest BCUT2D eigenvalue weighted by Crippen LogP contribution is 2.37. The van der Waals surface area contributed by atoms with Gasteiger partial charge in [-0.15, -0.1) is 0 Å². The lowest BCUT2D eigenvalue weighted by Crippen LogP contribution is -2.18. The number of rotatable bonds is 1. The summed E-state index contributed by atoms with van der Waals surface area (Å²) in [6.45, 7) is 3.52. The van der Waals surface area contributed by atoms with Gasteiger partial charge in [-0.2, -0.15) is 0 Å². The fourth-order valence-corrected chi connectivity index (χ4v) is 3.07. The summed E-state index contributed by atoms with van der Waals surface area (Å²) in [6.07, 6.45) is 3.83. The van der Waals surface area contributed by atoms with Gasteiger partial charge in [0.15, 0.2) is 0 Å². The van der Waals surface area contributed by atoms with Crippen LogP contribution in [-0.2, 0) is 6.42 Å². The Balaban J connectivity index is 2.05. The largest absolute Gasteiger partial charge is 0.383 e. The van der Waals surface area contributed by atoms with Crippen molar-refractivity contribution in [3.8, 4) is 0 Å². The first-order valence-corrected chi connectivity index (χ1v) is 6.45. The molecule has 15 heavy (non-hydrogen) atoms. The van der Waals surface area contributed by atoms with Crippen molar-refractivity contribution in [1.29, 1.82) is 0 Å². The van der Waals surface area contributed by atoms with Crippen LogP contribution in [0, 0.1) is 0 Å². The number of hydrogen-bond acceptors (Lipinski definition) is 2. The predicted octanol–water partition coefficient (Wildman–Crippen LogP) is 3.02. The highest BCUT2D eigenvalue weighted by atomic mass is 79.9. The fraction of sp³-hybridized carbons (Fsp3) is 0.500. The number of nitrogens with zero attached hydrogens (tertiary/aromatic N) is 1. The lowest BCUT2D eigenvalue weighted by Gasteiger charge is -2.21. The van der Waals surface area contributed by atoms with Gasteiger partial charge in [-0.25, -0.2) is 0 Å². The zero-order valence-corrected chi connectivity index (χ0v) is 10.3. The number of anilines is 2. The second kappa shape index (κ2) is 3.71. The van der Waals surface area contributed by atoms with E-state index in [1.165, 1.54) is 47.3 Å². The molecule has 0 aromatic heterocycles. The van der Waals surface area contributed by atoms with E-state index < -0.39 is 0 Å². The van der Waals surface area contributed by atoms with E-state index in [1.54, 1.807) is 0 Å². The lowest BCUT2D eigenvalue weighted by molar-refractivity contribution is 0.949. The SMILES string of the molecule is Brc1cc2c(c(N3CCCC3)c1)NCC2. The molecule has 3 heteroatoms. The van der Waals surface area contributed by atoms with Gasteiger partial charge in [-0.1, -0.05) is 15.9 Å². The number of benzene rings is 1. The Morgan fingerprint density at radius 2 is 2.00 bits per heavy atom. The molecule has 0 spiro atoms. The van der Waals surface area contributed by atoms with E-state index >= 15 is 0 Å². The Morgan fingerprint density at radius 1 is 1.20 bits per heavy atom. The van der Waals surface area contributed by atoms with Crippen molar-refractivity contribution in [3.63, 3.8) is 0 Å². The summed E-state index contributed by atoms with van der Waals surface area (Å²) in [5, 5.41) is 3.51. The van der Waals surface area contributed by atoms with Crippen LogP contribution in [0.15, 0.2) is 16.6 Å². The minimum absolute atomic E-state index is 1.09. The van der Waals surface area contributed by atoms with E-state index in [2.05, 4.69) is 38.3 Å². The molecule has 0 radical (unpaired) electrons. The van der Waals surface area contributed by atoms with Crippen LogP contribution >= 0.6 is 15.9 Å². The van der Waals surface area contributed by atoms with Gasteiger partial charge in [0.1, 0.15) is 0 Å². The molecule has 80 valence electrons. The van der Waals surface area contributed by atoms with Crippen LogP contribution in [0.4, 0.5) is 11.4 Å². The third-order valence-corrected chi connectivity index (χ3v) is 3.76. The van der Waals surface area contributed by atoms with Crippen molar-refractivity contribution >= 4 is 27.3 Å². The minimum Gasteiger partial charge on any atom is -0.383 e. The summed E-state index contributed by atoms with van der Waals surface area (Å²) in [5.74, 6) is 0. The maximum atomic E-state index is 3.61. The Kier molecular flexibility index (Phi) is 2.35. The van der Waals surface area contributed by atoms with Crippen LogP contribution < -0.4 is 10.2 Å². The number of hydrogen-bond donors (Lipinski definition) is 1. The third-order valence-electron chi connectivity index (χ3n) is 3.31. The fourth-order valence-electron chi connectivity index (χ4n) is 2.58. The molecule has 1 N–H and O–H groups in total. The maximum Gasteiger partial charge on any atom is 0.0616 e. The van der Waals surface area contributed by atoms with Gasteiger partial charge in [0.05, 0.1) is 11.4 Å². The van der Waals surface area contributed by atoms with Gasteiger partial charge in [0.2, 0.25) is 0 Å². The Labute approximate surface area is 98.8 Å². The monoisotopic (exact) mass is 266 g/mol. The van der Waals surface area contributed by atoms with E-state index in [0.29, 0.717) is 0 Å². The average molecular weight is 267 g/mol. The normalized spacial score (nSPS) is 19.1. The number of halogens is 1. The Hall–Kier alpha value is -0.700. The molecule has 0 bridgehead atoms. The van der Waals surface area contributed by atoms with Crippen molar-refractivity contribution in [3.05, 3.63) is 22.2 Å². The molecule has 3 rings (SSSR count). The van der Waals surface area contributed by atoms with E-state index in [9.17, 15) is 0 Å². The summed E-state index contributed by atoms with van der Waals surface area (Å²) in [4.78, 5) is 2.50. The van der Waals surface area contributed by atoms with Gasteiger partial charge >= 0.3 is 0 Å². The van der Waals surface area contributed by atoms with E-state index in [1.807, 2.05) is 0 Å². The summed E-state index contributed by atoms with van der Waals surface area (Å²) in [6, 6.07) is 4.50. The Morgan fingerprint density at radius 3 is 2.80 bits per heavy atom. The highest BCUT2D eigenvalue weighted by Gasteiger charge is 2.21. The average Bonchev–Trinajstić information content (AvgIpc) is 2.86. The van der Waals surface area contributed by atoms with E-state index in [-0.39, 0.29) is 0 Å².